The number of hydrogen-bond donors (Lipinski definition) is 1. The van der Waals surface area contributed by atoms with Crippen LogP contribution < -0.4 is 14.8 Å². The van der Waals surface area contributed by atoms with Crippen LogP contribution in [-0.4, -0.2) is 49.4 Å². The molecule has 1 N–H and O–H groups in total. The molecular weight excluding hydrogens is 488 g/mol. The first-order chi connectivity index (χ1) is 17.2. The van der Waals surface area contributed by atoms with Gasteiger partial charge in [0, 0.05) is 36.4 Å². The highest BCUT2D eigenvalue weighted by molar-refractivity contribution is 5.91. The van der Waals surface area contributed by atoms with Crippen LogP contribution in [0.5, 0.6) is 11.5 Å². The van der Waals surface area contributed by atoms with Gasteiger partial charge in [0.1, 0.15) is 5.78 Å². The number of amides is 1. The van der Waals surface area contributed by atoms with Gasteiger partial charge in [0.25, 0.3) is 0 Å². The molecule has 2 unspecified atom stereocenters. The highest BCUT2D eigenvalue weighted by atomic mass is 19.3. The maximum atomic E-state index is 13.0. The van der Waals surface area contributed by atoms with Crippen LogP contribution in [0.1, 0.15) is 37.3 Å². The second-order valence-electron chi connectivity index (χ2n) is 8.64. The molecule has 2 atom stereocenters. The number of carbonyl (C=O) groups is 3. The van der Waals surface area contributed by atoms with E-state index in [0.717, 1.165) is 25.0 Å². The minimum Gasteiger partial charge on any atom is -0.469 e. The van der Waals surface area contributed by atoms with Gasteiger partial charge < -0.3 is 24.4 Å². The van der Waals surface area contributed by atoms with E-state index in [1.165, 1.54) is 13.2 Å². The number of rotatable bonds is 10. The van der Waals surface area contributed by atoms with Gasteiger partial charge in [0.15, 0.2) is 11.5 Å². The number of nitrogens with one attached hydrogen (secondary N) is 1. The van der Waals surface area contributed by atoms with Crippen LogP contribution in [0.25, 0.3) is 0 Å². The van der Waals surface area contributed by atoms with Crippen LogP contribution >= 0.6 is 0 Å². The molecule has 1 aromatic carbocycles. The molecule has 1 aromatic rings. The zero-order chi connectivity index (χ0) is 26.0. The fourth-order valence-corrected chi connectivity index (χ4v) is 4.33. The van der Waals surface area contributed by atoms with Gasteiger partial charge in [-0.25, -0.2) is 0 Å². The van der Waals surface area contributed by atoms with Gasteiger partial charge in [-0.3, -0.25) is 14.4 Å². The highest BCUT2D eigenvalue weighted by Gasteiger charge is 2.40. The van der Waals surface area contributed by atoms with Crippen molar-refractivity contribution in [2.75, 3.05) is 13.7 Å². The van der Waals surface area contributed by atoms with E-state index in [9.17, 15) is 31.9 Å². The lowest BCUT2D eigenvalue weighted by Crippen LogP contribution is -2.33. The van der Waals surface area contributed by atoms with E-state index in [-0.39, 0.29) is 42.6 Å². The van der Waals surface area contributed by atoms with Gasteiger partial charge in [-0.1, -0.05) is 12.1 Å². The van der Waals surface area contributed by atoms with Crippen molar-refractivity contribution in [1.82, 2.24) is 10.2 Å². The normalized spacial score (nSPS) is 20.0. The SMILES string of the molecule is COC(=O)CC(c1ccc(OC(F)F)c(OC(F)F)c1)N1C=C2C(NC(=O)C3CC3)=CCC(=O)C2C1. The smallest absolute Gasteiger partial charge is 0.387 e. The minimum atomic E-state index is -3.31. The number of allylic oxidation sites excluding steroid dienone is 2. The second kappa shape index (κ2) is 10.6. The molecule has 1 amide bonds. The molecule has 0 radical (unpaired) electrons. The average molecular weight is 512 g/mol. The Kier molecular flexibility index (Phi) is 7.51. The second-order valence-corrected chi connectivity index (χ2v) is 8.64. The van der Waals surface area contributed by atoms with Gasteiger partial charge in [0.05, 0.1) is 25.5 Å². The number of Topliss-reactive ketones (excluding diaryl/α,β-unsaturated/α-hetero) is 1. The minimum absolute atomic E-state index is 0.0469. The van der Waals surface area contributed by atoms with Crippen molar-refractivity contribution in [1.29, 1.82) is 0 Å². The lowest BCUT2D eigenvalue weighted by Gasteiger charge is -2.29. The molecule has 194 valence electrons. The number of fused-ring (bicyclic) bond motifs is 1. The average Bonchev–Trinajstić information content (AvgIpc) is 3.58. The van der Waals surface area contributed by atoms with E-state index < -0.39 is 42.7 Å². The van der Waals surface area contributed by atoms with Crippen molar-refractivity contribution in [3.63, 3.8) is 0 Å². The van der Waals surface area contributed by atoms with Crippen molar-refractivity contribution < 1.29 is 46.2 Å². The highest BCUT2D eigenvalue weighted by Crippen LogP contribution is 2.41. The number of halogens is 4. The molecule has 1 saturated carbocycles. The predicted molar refractivity (Wildman–Crippen MR) is 116 cm³/mol. The Hall–Kier alpha value is -3.57. The van der Waals surface area contributed by atoms with Crippen LogP contribution in [0.15, 0.2) is 41.7 Å². The van der Waals surface area contributed by atoms with Crippen LogP contribution in [0.3, 0.4) is 0 Å². The van der Waals surface area contributed by atoms with Crippen molar-refractivity contribution in [3.05, 3.63) is 47.3 Å². The van der Waals surface area contributed by atoms with E-state index in [0.29, 0.717) is 11.3 Å². The number of carbonyl (C=O) groups excluding carboxylic acids is 3. The van der Waals surface area contributed by atoms with Crippen molar-refractivity contribution in [2.45, 2.75) is 44.9 Å². The van der Waals surface area contributed by atoms with Gasteiger partial charge in [-0.05, 0) is 30.5 Å². The summed E-state index contributed by atoms with van der Waals surface area (Å²) in [5, 5.41) is 2.87. The van der Waals surface area contributed by atoms with Crippen LogP contribution in [-0.2, 0) is 19.1 Å². The summed E-state index contributed by atoms with van der Waals surface area (Å²) in [6.07, 6.45) is 4.80. The molecule has 3 aliphatic rings. The molecule has 2 aliphatic carbocycles. The Balaban J connectivity index is 1.66. The van der Waals surface area contributed by atoms with E-state index in [1.54, 1.807) is 17.2 Å². The van der Waals surface area contributed by atoms with Gasteiger partial charge in [-0.2, -0.15) is 17.6 Å². The van der Waals surface area contributed by atoms with Crippen molar-refractivity contribution in [3.8, 4) is 11.5 Å². The first-order valence-corrected chi connectivity index (χ1v) is 11.3. The number of esters is 1. The fraction of sp³-hybridized carbons (Fsp3) is 0.458. The lowest BCUT2D eigenvalue weighted by atomic mass is 9.87. The number of alkyl halides is 4. The Morgan fingerprint density at radius 3 is 2.44 bits per heavy atom. The molecule has 1 heterocycles. The Morgan fingerprint density at radius 2 is 1.81 bits per heavy atom. The molecule has 8 nitrogen and oxygen atoms in total. The number of benzene rings is 1. The molecule has 1 aliphatic heterocycles. The van der Waals surface area contributed by atoms with E-state index in [4.69, 9.17) is 4.74 Å². The third-order valence-corrected chi connectivity index (χ3v) is 6.26. The van der Waals surface area contributed by atoms with E-state index in [1.807, 2.05) is 0 Å². The lowest BCUT2D eigenvalue weighted by molar-refractivity contribution is -0.141. The summed E-state index contributed by atoms with van der Waals surface area (Å²) >= 11 is 0. The molecule has 0 spiro atoms. The summed E-state index contributed by atoms with van der Waals surface area (Å²) in [4.78, 5) is 38.9. The summed E-state index contributed by atoms with van der Waals surface area (Å²) in [5.74, 6) is -2.66. The molecule has 0 bridgehead atoms. The third-order valence-electron chi connectivity index (χ3n) is 6.26. The number of ketones is 1. The summed E-state index contributed by atoms with van der Waals surface area (Å²) in [5.41, 5.74) is 1.38. The van der Waals surface area contributed by atoms with Crippen LogP contribution in [0, 0.1) is 11.8 Å². The maximum absolute atomic E-state index is 13.0. The standard InChI is InChI=1S/C24H24F4N2O6/c1-34-21(32)9-17(13-4-7-19(35-23(25)26)20(8-13)36-24(27)28)30-10-14-15(11-30)18(31)6-5-16(14)29-22(33)12-2-3-12/h4-5,7-8,10,12,15,17,23-24H,2-3,6,9,11H2,1H3,(H,29,33). The molecule has 36 heavy (non-hydrogen) atoms. The number of ether oxygens (including phenoxy) is 3. The summed E-state index contributed by atoms with van der Waals surface area (Å²) in [7, 11) is 1.18. The Labute approximate surface area is 203 Å². The first-order valence-electron chi connectivity index (χ1n) is 11.3. The van der Waals surface area contributed by atoms with Crippen molar-refractivity contribution >= 4 is 17.7 Å². The van der Waals surface area contributed by atoms with Crippen molar-refractivity contribution in [2.24, 2.45) is 11.8 Å². The largest absolute Gasteiger partial charge is 0.469 e. The van der Waals surface area contributed by atoms with Gasteiger partial charge in [0.2, 0.25) is 5.91 Å². The monoisotopic (exact) mass is 512 g/mol. The zero-order valence-electron chi connectivity index (χ0n) is 19.2. The molecule has 0 aromatic heterocycles. The topological polar surface area (TPSA) is 94.2 Å². The van der Waals surface area contributed by atoms with Gasteiger partial charge >= 0.3 is 19.2 Å². The quantitative estimate of drug-likeness (QED) is 0.378. The Bertz CT molecular complexity index is 1100. The number of nitrogens with zero attached hydrogens (tertiary/aromatic N) is 1. The van der Waals surface area contributed by atoms with Crippen LogP contribution in [0.4, 0.5) is 17.6 Å². The maximum Gasteiger partial charge on any atom is 0.387 e. The number of hydrogen-bond acceptors (Lipinski definition) is 7. The van der Waals surface area contributed by atoms with E-state index in [2.05, 4.69) is 14.8 Å². The Morgan fingerprint density at radius 1 is 1.11 bits per heavy atom. The van der Waals surface area contributed by atoms with Gasteiger partial charge in [-0.15, -0.1) is 0 Å². The summed E-state index contributed by atoms with van der Waals surface area (Å²) in [6, 6.07) is 2.67. The van der Waals surface area contributed by atoms with E-state index >= 15 is 0 Å². The third kappa shape index (κ3) is 5.80. The predicted octanol–water partition coefficient (Wildman–Crippen LogP) is 3.69. The zero-order valence-corrected chi connectivity index (χ0v) is 19.2. The summed E-state index contributed by atoms with van der Waals surface area (Å²) in [6.45, 7) is -6.42. The first kappa shape index (κ1) is 25.5. The van der Waals surface area contributed by atoms with Crippen LogP contribution in [0.2, 0.25) is 0 Å². The summed E-state index contributed by atoms with van der Waals surface area (Å²) < 4.78 is 64.8. The molecular formula is C24H24F4N2O6. The molecule has 4 rings (SSSR count). The fourth-order valence-electron chi connectivity index (χ4n) is 4.33. The molecule has 12 heteroatoms. The molecule has 1 fully saturated rings. The molecule has 0 saturated heterocycles. The number of methoxy groups -OCH3 is 1.